The Hall–Kier alpha value is -4.12. The minimum absolute atomic E-state index is 0.00187. The summed E-state index contributed by atoms with van der Waals surface area (Å²) in [6, 6.07) is 12.4. The fourth-order valence-electron chi connectivity index (χ4n) is 2.63. The fraction of sp³-hybridized carbons (Fsp3) is 0.240. The summed E-state index contributed by atoms with van der Waals surface area (Å²) >= 11 is 0. The second-order valence-corrected chi connectivity index (χ2v) is 6.90. The molecule has 1 heterocycles. The molecule has 0 saturated carbocycles. The van der Waals surface area contributed by atoms with Crippen LogP contribution in [0.25, 0.3) is 0 Å². The van der Waals surface area contributed by atoms with Crippen LogP contribution in [0.3, 0.4) is 0 Å². The molecule has 1 aromatic heterocycles. The normalized spacial score (nSPS) is 10.0. The van der Waals surface area contributed by atoms with E-state index in [1.165, 1.54) is 31.3 Å². The number of benzene rings is 2. The zero-order valence-corrected chi connectivity index (χ0v) is 20.7. The van der Waals surface area contributed by atoms with E-state index >= 15 is 0 Å². The van der Waals surface area contributed by atoms with Crippen molar-refractivity contribution in [3.8, 4) is 11.5 Å². The van der Waals surface area contributed by atoms with Gasteiger partial charge in [-0.15, -0.1) is 0 Å². The van der Waals surface area contributed by atoms with Gasteiger partial charge in [0, 0.05) is 24.0 Å². The third-order valence-electron chi connectivity index (χ3n) is 4.06. The van der Waals surface area contributed by atoms with Crippen molar-refractivity contribution in [2.45, 2.75) is 26.9 Å². The minimum Gasteiger partial charge on any atom is -0.457 e. The lowest BCUT2D eigenvalue weighted by Gasteiger charge is -2.14. The van der Waals surface area contributed by atoms with Gasteiger partial charge in [0.15, 0.2) is 6.29 Å². The monoisotopic (exact) mass is 505 g/mol. The maximum absolute atomic E-state index is 13.0. The Morgan fingerprint density at radius 2 is 1.64 bits per heavy atom. The van der Waals surface area contributed by atoms with Crippen LogP contribution in [0.2, 0.25) is 0 Å². The molecule has 0 bridgehead atoms. The first-order chi connectivity index (χ1) is 17.2. The molecule has 2 aromatic carbocycles. The van der Waals surface area contributed by atoms with Crippen LogP contribution >= 0.6 is 0 Å². The molecule has 0 aliphatic carbocycles. The summed E-state index contributed by atoms with van der Waals surface area (Å²) in [7, 11) is 3.75. The van der Waals surface area contributed by atoms with Gasteiger partial charge in [-0.05, 0) is 56.9 Å². The molecule has 0 fully saturated rings. The Morgan fingerprint density at radius 3 is 2.28 bits per heavy atom. The van der Waals surface area contributed by atoms with Crippen molar-refractivity contribution in [1.82, 2.24) is 15.7 Å². The Kier molecular flexibility index (Phi) is 12.5. The molecule has 11 heteroatoms. The number of alkyl halides is 3. The Bertz CT molecular complexity index is 1120. The maximum Gasteiger partial charge on any atom is 0.416 e. The molecule has 0 aliphatic heterocycles. The third-order valence-corrected chi connectivity index (χ3v) is 4.06. The zero-order chi connectivity index (χ0) is 27.1. The average molecular weight is 506 g/mol. The van der Waals surface area contributed by atoms with Gasteiger partial charge in [-0.2, -0.15) is 13.2 Å². The second kappa shape index (κ2) is 15.0. The molecule has 0 radical (unpaired) electrons. The van der Waals surface area contributed by atoms with Crippen molar-refractivity contribution < 1.29 is 27.5 Å². The summed E-state index contributed by atoms with van der Waals surface area (Å²) < 4.78 is 44.6. The van der Waals surface area contributed by atoms with Crippen LogP contribution in [-0.2, 0) is 6.18 Å². The van der Waals surface area contributed by atoms with Crippen molar-refractivity contribution in [1.29, 1.82) is 0 Å². The van der Waals surface area contributed by atoms with Gasteiger partial charge >= 0.3 is 12.2 Å². The molecule has 0 aliphatic rings. The van der Waals surface area contributed by atoms with Crippen LogP contribution in [0.5, 0.6) is 11.5 Å². The number of aryl methyl sites for hydroxylation is 1. The van der Waals surface area contributed by atoms with Crippen LogP contribution in [0.4, 0.5) is 29.3 Å². The maximum atomic E-state index is 13.0. The largest absolute Gasteiger partial charge is 0.457 e. The van der Waals surface area contributed by atoms with Crippen molar-refractivity contribution in [2.75, 3.05) is 24.8 Å². The quantitative estimate of drug-likeness (QED) is 0.241. The number of hydrogen-bond acceptors (Lipinski definition) is 6. The minimum atomic E-state index is -4.52. The number of aldehydes is 1. The molecule has 0 spiro atoms. The molecule has 0 atom stereocenters. The van der Waals surface area contributed by atoms with Gasteiger partial charge in [0.05, 0.1) is 11.3 Å². The van der Waals surface area contributed by atoms with Crippen molar-refractivity contribution in [2.24, 2.45) is 0 Å². The number of carbonyl (C=O) groups excluding carboxylic acids is 2. The average Bonchev–Trinajstić information content (AvgIpc) is 2.85. The number of halogens is 3. The molecule has 8 nitrogen and oxygen atoms in total. The number of hydrazine groups is 1. The molecule has 194 valence electrons. The van der Waals surface area contributed by atoms with Crippen LogP contribution in [0.1, 0.15) is 35.5 Å². The highest BCUT2D eigenvalue weighted by molar-refractivity contribution is 5.90. The van der Waals surface area contributed by atoms with E-state index in [1.54, 1.807) is 30.3 Å². The first-order valence-electron chi connectivity index (χ1n) is 10.9. The number of hydrogen-bond donors (Lipinski definition) is 4. The summed E-state index contributed by atoms with van der Waals surface area (Å²) in [6.07, 6.45) is -2.49. The first-order valence-corrected chi connectivity index (χ1v) is 10.9. The molecule has 2 amide bonds. The number of anilines is 2. The fourth-order valence-corrected chi connectivity index (χ4v) is 2.63. The van der Waals surface area contributed by atoms with Gasteiger partial charge in [0.1, 0.15) is 17.2 Å². The van der Waals surface area contributed by atoms with Crippen LogP contribution < -0.4 is 26.2 Å². The standard InChI is InChI=1S/C21H17F3N4O3.C2H7N.C2H6/c1-13-5-6-14(11-19(13)21(22,23)24)26-20(30)28-27-15-3-2-4-17(9-15)31-18-7-8-25-16(10-18)12-29;1-3-2;1-2/h2-12,27H,1H3,(H2,26,28,30);3H,1-2H3;1-2H3. The highest BCUT2D eigenvalue weighted by atomic mass is 19.4. The predicted molar refractivity (Wildman–Crippen MR) is 134 cm³/mol. The lowest BCUT2D eigenvalue weighted by atomic mass is 10.1. The number of nitrogens with zero attached hydrogens (tertiary/aromatic N) is 1. The predicted octanol–water partition coefficient (Wildman–Crippen LogP) is 6.02. The smallest absolute Gasteiger partial charge is 0.416 e. The molecular weight excluding hydrogens is 475 g/mol. The summed E-state index contributed by atoms with van der Waals surface area (Å²) in [5.41, 5.74) is 4.88. The number of nitrogens with one attached hydrogen (secondary N) is 4. The SMILES string of the molecule is CC.CNC.Cc1ccc(NC(=O)NNc2cccc(Oc3ccnc(C=O)c3)c2)cc1C(F)(F)F. The number of rotatable bonds is 6. The van der Waals surface area contributed by atoms with Crippen molar-refractivity contribution in [3.63, 3.8) is 0 Å². The number of ether oxygens (including phenoxy) is 1. The zero-order valence-electron chi connectivity index (χ0n) is 20.7. The molecule has 0 unspecified atom stereocenters. The molecule has 3 aromatic rings. The van der Waals surface area contributed by atoms with Crippen molar-refractivity contribution >= 4 is 23.7 Å². The van der Waals surface area contributed by atoms with Crippen LogP contribution in [0.15, 0.2) is 60.8 Å². The van der Waals surface area contributed by atoms with E-state index in [2.05, 4.69) is 26.5 Å². The molecular formula is C25H30F3N5O3. The van der Waals surface area contributed by atoms with Gasteiger partial charge in [0.2, 0.25) is 0 Å². The Balaban J connectivity index is 0.00000120. The van der Waals surface area contributed by atoms with E-state index in [-0.39, 0.29) is 16.9 Å². The third kappa shape index (κ3) is 10.0. The van der Waals surface area contributed by atoms with E-state index in [4.69, 9.17) is 4.74 Å². The number of amides is 2. The lowest BCUT2D eigenvalue weighted by molar-refractivity contribution is -0.138. The number of aromatic nitrogens is 1. The number of urea groups is 1. The summed E-state index contributed by atoms with van der Waals surface area (Å²) in [4.78, 5) is 26.7. The van der Waals surface area contributed by atoms with E-state index in [1.807, 2.05) is 27.9 Å². The highest BCUT2D eigenvalue weighted by Gasteiger charge is 2.32. The Morgan fingerprint density at radius 1 is 0.972 bits per heavy atom. The topological polar surface area (TPSA) is 104 Å². The van der Waals surface area contributed by atoms with Crippen molar-refractivity contribution in [3.05, 3.63) is 77.6 Å². The van der Waals surface area contributed by atoms with Gasteiger partial charge in [0.25, 0.3) is 0 Å². The van der Waals surface area contributed by atoms with E-state index in [0.717, 1.165) is 6.07 Å². The number of carbonyl (C=O) groups is 2. The highest BCUT2D eigenvalue weighted by Crippen LogP contribution is 2.33. The molecule has 4 N–H and O–H groups in total. The van der Waals surface area contributed by atoms with E-state index < -0.39 is 17.8 Å². The molecule has 3 rings (SSSR count). The van der Waals surface area contributed by atoms with Gasteiger partial charge in [-0.1, -0.05) is 26.0 Å². The summed E-state index contributed by atoms with van der Waals surface area (Å²) in [6.45, 7) is 5.34. The molecule has 36 heavy (non-hydrogen) atoms. The Labute approximate surface area is 208 Å². The van der Waals surface area contributed by atoms with E-state index in [0.29, 0.717) is 23.5 Å². The van der Waals surface area contributed by atoms with Crippen LogP contribution in [0, 0.1) is 6.92 Å². The number of pyridine rings is 1. The van der Waals surface area contributed by atoms with Gasteiger partial charge < -0.3 is 15.4 Å². The molecule has 0 saturated heterocycles. The summed E-state index contributed by atoms with van der Waals surface area (Å²) in [5.74, 6) is 0.823. The van der Waals surface area contributed by atoms with E-state index in [9.17, 15) is 22.8 Å². The van der Waals surface area contributed by atoms with Gasteiger partial charge in [-0.3, -0.25) is 20.6 Å². The van der Waals surface area contributed by atoms with Gasteiger partial charge in [-0.25, -0.2) is 4.79 Å². The summed E-state index contributed by atoms with van der Waals surface area (Å²) in [5, 5.41) is 5.09. The first kappa shape index (κ1) is 29.9. The van der Waals surface area contributed by atoms with Crippen LogP contribution in [-0.4, -0.2) is 31.4 Å². The lowest BCUT2D eigenvalue weighted by Crippen LogP contribution is -2.33. The second-order valence-electron chi connectivity index (χ2n) is 6.90.